The number of hydrogen-bond acceptors (Lipinski definition) is 5. The minimum absolute atomic E-state index is 0.155. The van der Waals surface area contributed by atoms with Crippen LogP contribution in [0.1, 0.15) is 27.5 Å². The second kappa shape index (κ2) is 6.93. The fraction of sp³-hybridized carbons (Fsp3) is 0.316. The van der Waals surface area contributed by atoms with Crippen LogP contribution in [0, 0.1) is 0 Å². The molecule has 0 saturated heterocycles. The summed E-state index contributed by atoms with van der Waals surface area (Å²) in [6.07, 6.45) is 0.650. The van der Waals surface area contributed by atoms with E-state index < -0.39 is 0 Å². The van der Waals surface area contributed by atoms with Crippen molar-refractivity contribution in [3.8, 4) is 23.0 Å². The van der Waals surface area contributed by atoms with Crippen LogP contribution in [0.25, 0.3) is 0 Å². The normalized spacial score (nSPS) is 15.8. The number of fused-ring (bicyclic) bond motifs is 1. The number of carbonyl (C=O) groups excluding carboxylic acids is 1. The molecule has 1 aliphatic heterocycles. The van der Waals surface area contributed by atoms with Gasteiger partial charge in [-0.1, -0.05) is 12.1 Å². The lowest BCUT2D eigenvalue weighted by Crippen LogP contribution is -2.35. The Morgan fingerprint density at radius 3 is 2.20 bits per heavy atom. The Labute approximate surface area is 146 Å². The standard InChI is InChI=1S/C19H21NO5/c1-22-14-7-5-11(10-16(14)24-3)13-9-12-6-8-15(23-2)18(25-4)17(12)19(21)20-13/h5-8,10,13H,9H2,1-4H3,(H,20,21)/t13-/m0/s1. The second-order valence-corrected chi connectivity index (χ2v) is 5.68. The van der Waals surface area contributed by atoms with Crippen molar-refractivity contribution in [3.05, 3.63) is 47.0 Å². The van der Waals surface area contributed by atoms with Crippen molar-refractivity contribution < 1.29 is 23.7 Å². The molecule has 2 aromatic carbocycles. The zero-order chi connectivity index (χ0) is 18.0. The average Bonchev–Trinajstić information content (AvgIpc) is 2.66. The van der Waals surface area contributed by atoms with Gasteiger partial charge in [-0.2, -0.15) is 0 Å². The summed E-state index contributed by atoms with van der Waals surface area (Å²) in [7, 11) is 6.27. The van der Waals surface area contributed by atoms with Crippen LogP contribution in [0.3, 0.4) is 0 Å². The molecule has 0 unspecified atom stereocenters. The van der Waals surface area contributed by atoms with Gasteiger partial charge in [-0.15, -0.1) is 0 Å². The maximum atomic E-state index is 12.7. The van der Waals surface area contributed by atoms with Crippen LogP contribution < -0.4 is 24.3 Å². The maximum absolute atomic E-state index is 12.7. The lowest BCUT2D eigenvalue weighted by Gasteiger charge is -2.28. The van der Waals surface area contributed by atoms with Crippen molar-refractivity contribution in [2.75, 3.05) is 28.4 Å². The number of hydrogen-bond donors (Lipinski definition) is 1. The van der Waals surface area contributed by atoms with Crippen molar-refractivity contribution in [1.29, 1.82) is 0 Å². The van der Waals surface area contributed by atoms with Crippen LogP contribution in [0.4, 0.5) is 0 Å². The second-order valence-electron chi connectivity index (χ2n) is 5.68. The van der Waals surface area contributed by atoms with E-state index in [-0.39, 0.29) is 11.9 Å². The van der Waals surface area contributed by atoms with E-state index in [1.54, 1.807) is 21.3 Å². The summed E-state index contributed by atoms with van der Waals surface area (Å²) in [5.41, 5.74) is 2.39. The summed E-state index contributed by atoms with van der Waals surface area (Å²) >= 11 is 0. The zero-order valence-corrected chi connectivity index (χ0v) is 14.7. The molecule has 0 aromatic heterocycles. The SMILES string of the molecule is COc1ccc([C@@H]2Cc3ccc(OC)c(OC)c3C(=O)N2)cc1OC. The predicted molar refractivity (Wildman–Crippen MR) is 93.0 cm³/mol. The number of ether oxygens (including phenoxy) is 4. The van der Waals surface area contributed by atoms with Gasteiger partial charge in [-0.25, -0.2) is 0 Å². The molecule has 0 bridgehead atoms. The molecule has 0 spiro atoms. The molecule has 0 saturated carbocycles. The van der Waals surface area contributed by atoms with Crippen LogP contribution in [0.2, 0.25) is 0 Å². The fourth-order valence-corrected chi connectivity index (χ4v) is 3.16. The van der Waals surface area contributed by atoms with Crippen molar-refractivity contribution in [2.45, 2.75) is 12.5 Å². The van der Waals surface area contributed by atoms with Gasteiger partial charge < -0.3 is 24.3 Å². The molecule has 1 N–H and O–H groups in total. The number of rotatable bonds is 5. The Bertz CT molecular complexity index is 803. The first-order chi connectivity index (χ1) is 12.1. The molecule has 132 valence electrons. The highest BCUT2D eigenvalue weighted by Crippen LogP contribution is 2.39. The van der Waals surface area contributed by atoms with Crippen molar-refractivity contribution in [1.82, 2.24) is 5.32 Å². The minimum atomic E-state index is -0.184. The van der Waals surface area contributed by atoms with Gasteiger partial charge >= 0.3 is 0 Å². The van der Waals surface area contributed by atoms with Crippen LogP contribution in [-0.4, -0.2) is 34.3 Å². The third-order valence-electron chi connectivity index (χ3n) is 4.40. The third-order valence-corrected chi connectivity index (χ3v) is 4.40. The van der Waals surface area contributed by atoms with Crippen LogP contribution in [-0.2, 0) is 6.42 Å². The highest BCUT2D eigenvalue weighted by Gasteiger charge is 2.30. The highest BCUT2D eigenvalue weighted by molar-refractivity contribution is 6.00. The molecule has 25 heavy (non-hydrogen) atoms. The summed E-state index contributed by atoms with van der Waals surface area (Å²) in [6, 6.07) is 9.22. The van der Waals surface area contributed by atoms with Gasteiger partial charge in [0.1, 0.15) is 0 Å². The predicted octanol–water partition coefficient (Wildman–Crippen LogP) is 2.75. The summed E-state index contributed by atoms with van der Waals surface area (Å²) in [5.74, 6) is 2.11. The van der Waals surface area contributed by atoms with Gasteiger partial charge in [-0.3, -0.25) is 4.79 Å². The quantitative estimate of drug-likeness (QED) is 0.904. The zero-order valence-electron chi connectivity index (χ0n) is 14.7. The van der Waals surface area contributed by atoms with Gasteiger partial charge in [-0.05, 0) is 35.7 Å². The number of benzene rings is 2. The Balaban J connectivity index is 1.98. The number of amides is 1. The largest absolute Gasteiger partial charge is 0.493 e. The number of methoxy groups -OCH3 is 4. The lowest BCUT2D eigenvalue weighted by molar-refractivity contribution is 0.0920. The first-order valence-corrected chi connectivity index (χ1v) is 7.89. The van der Waals surface area contributed by atoms with E-state index in [2.05, 4.69) is 5.32 Å². The molecule has 6 nitrogen and oxygen atoms in total. The number of nitrogens with one attached hydrogen (secondary N) is 1. The van der Waals surface area contributed by atoms with E-state index in [1.807, 2.05) is 30.3 Å². The Morgan fingerprint density at radius 1 is 0.880 bits per heavy atom. The van der Waals surface area contributed by atoms with E-state index in [0.717, 1.165) is 11.1 Å². The van der Waals surface area contributed by atoms with Gasteiger partial charge in [0.15, 0.2) is 23.0 Å². The summed E-state index contributed by atoms with van der Waals surface area (Å²) in [5, 5.41) is 3.03. The molecule has 2 aromatic rings. The van der Waals surface area contributed by atoms with Crippen LogP contribution in [0.15, 0.2) is 30.3 Å². The van der Waals surface area contributed by atoms with Crippen molar-refractivity contribution in [3.63, 3.8) is 0 Å². The number of carbonyl (C=O) groups is 1. The summed E-state index contributed by atoms with van der Waals surface area (Å²) in [4.78, 5) is 12.7. The monoisotopic (exact) mass is 343 g/mol. The van der Waals surface area contributed by atoms with E-state index in [0.29, 0.717) is 35.0 Å². The van der Waals surface area contributed by atoms with Crippen LogP contribution in [0.5, 0.6) is 23.0 Å². The van der Waals surface area contributed by atoms with Gasteiger partial charge in [0.05, 0.1) is 40.0 Å². The molecule has 0 aliphatic carbocycles. The van der Waals surface area contributed by atoms with Crippen LogP contribution >= 0.6 is 0 Å². The topological polar surface area (TPSA) is 66.0 Å². The minimum Gasteiger partial charge on any atom is -0.493 e. The van der Waals surface area contributed by atoms with Crippen molar-refractivity contribution >= 4 is 5.91 Å². The molecular weight excluding hydrogens is 322 g/mol. The molecule has 6 heteroatoms. The Kier molecular flexibility index (Phi) is 4.70. The molecular formula is C19H21NO5. The summed E-state index contributed by atoms with van der Waals surface area (Å²) < 4.78 is 21.3. The highest BCUT2D eigenvalue weighted by atomic mass is 16.5. The van der Waals surface area contributed by atoms with Crippen molar-refractivity contribution in [2.24, 2.45) is 0 Å². The molecule has 1 atom stereocenters. The van der Waals surface area contributed by atoms with Gasteiger partial charge in [0.25, 0.3) is 5.91 Å². The molecule has 1 heterocycles. The fourth-order valence-electron chi connectivity index (χ4n) is 3.16. The first kappa shape index (κ1) is 17.0. The first-order valence-electron chi connectivity index (χ1n) is 7.89. The Hall–Kier alpha value is -2.89. The molecule has 0 fully saturated rings. The van der Waals surface area contributed by atoms with E-state index >= 15 is 0 Å². The summed E-state index contributed by atoms with van der Waals surface area (Å²) in [6.45, 7) is 0. The molecule has 1 aliphatic rings. The average molecular weight is 343 g/mol. The lowest BCUT2D eigenvalue weighted by atomic mass is 9.90. The van der Waals surface area contributed by atoms with Gasteiger partial charge in [0.2, 0.25) is 0 Å². The van der Waals surface area contributed by atoms with Gasteiger partial charge in [0, 0.05) is 0 Å². The van der Waals surface area contributed by atoms with E-state index in [4.69, 9.17) is 18.9 Å². The van der Waals surface area contributed by atoms with E-state index in [9.17, 15) is 4.79 Å². The molecule has 0 radical (unpaired) electrons. The smallest absolute Gasteiger partial charge is 0.255 e. The van der Waals surface area contributed by atoms with E-state index in [1.165, 1.54) is 7.11 Å². The third kappa shape index (κ3) is 2.95. The molecule has 1 amide bonds. The maximum Gasteiger partial charge on any atom is 0.255 e. The molecule has 3 rings (SSSR count). The Morgan fingerprint density at radius 2 is 1.56 bits per heavy atom.